The molecule has 0 aromatic heterocycles. The number of urea groups is 1. The highest BCUT2D eigenvalue weighted by Gasteiger charge is 2.04. The second kappa shape index (κ2) is 8.32. The summed E-state index contributed by atoms with van der Waals surface area (Å²) < 4.78 is 0. The van der Waals surface area contributed by atoms with Gasteiger partial charge in [-0.05, 0) is 14.1 Å². The van der Waals surface area contributed by atoms with Gasteiger partial charge in [-0.2, -0.15) is 0 Å². The van der Waals surface area contributed by atoms with Gasteiger partial charge in [-0.3, -0.25) is 0 Å². The van der Waals surface area contributed by atoms with Crippen LogP contribution in [0.4, 0.5) is 4.79 Å². The fourth-order valence-electron chi connectivity index (χ4n) is 1.17. The van der Waals surface area contributed by atoms with Gasteiger partial charge >= 0.3 is 6.03 Å². The Balaban J connectivity index is 3.36. The first-order chi connectivity index (χ1) is 7.43. The van der Waals surface area contributed by atoms with Crippen molar-refractivity contribution in [1.82, 2.24) is 20.4 Å². The molecule has 0 rings (SSSR count). The Kier molecular flexibility index (Phi) is 7.88. The van der Waals surface area contributed by atoms with Crippen LogP contribution in [-0.4, -0.2) is 81.4 Å². The van der Waals surface area contributed by atoms with E-state index in [1.807, 2.05) is 19.0 Å². The number of hydrogen-bond acceptors (Lipinski definition) is 4. The lowest BCUT2D eigenvalue weighted by Crippen LogP contribution is -2.41. The van der Waals surface area contributed by atoms with Crippen molar-refractivity contribution in [3.8, 4) is 0 Å². The minimum absolute atomic E-state index is 0.101. The summed E-state index contributed by atoms with van der Waals surface area (Å²) in [6.45, 7) is 2.39. The maximum Gasteiger partial charge on any atom is 0.316 e. The third kappa shape index (κ3) is 8.46. The zero-order chi connectivity index (χ0) is 12.6. The summed E-state index contributed by atoms with van der Waals surface area (Å²) in [6.07, 6.45) is -0.375. The van der Waals surface area contributed by atoms with Crippen molar-refractivity contribution in [2.45, 2.75) is 6.10 Å². The number of hydrogen-bond donors (Lipinski definition) is 3. The van der Waals surface area contributed by atoms with Crippen molar-refractivity contribution < 1.29 is 9.90 Å². The molecule has 0 aliphatic carbocycles. The Morgan fingerprint density at radius 2 is 1.88 bits per heavy atom. The number of nitrogens with one attached hydrogen (secondary N) is 2. The molecule has 0 spiro atoms. The van der Waals surface area contributed by atoms with Gasteiger partial charge in [-0.1, -0.05) is 0 Å². The van der Waals surface area contributed by atoms with Crippen molar-refractivity contribution in [2.75, 3.05) is 54.4 Å². The molecular weight excluding hydrogens is 208 g/mol. The third-order valence-corrected chi connectivity index (χ3v) is 1.94. The monoisotopic (exact) mass is 232 g/mol. The predicted octanol–water partition coefficient (Wildman–Crippen LogP) is -1.23. The summed E-state index contributed by atoms with van der Waals surface area (Å²) in [6, 6.07) is -0.101. The fraction of sp³-hybridized carbons (Fsp3) is 0.900. The van der Waals surface area contributed by atoms with E-state index in [1.54, 1.807) is 14.1 Å². The lowest BCUT2D eigenvalue weighted by molar-refractivity contribution is 0.135. The number of amides is 2. The second-order valence-electron chi connectivity index (χ2n) is 4.25. The van der Waals surface area contributed by atoms with Crippen LogP contribution in [0.25, 0.3) is 0 Å². The van der Waals surface area contributed by atoms with Crippen LogP contribution in [0.1, 0.15) is 0 Å². The first kappa shape index (κ1) is 15.2. The first-order valence-corrected chi connectivity index (χ1v) is 5.42. The number of carbonyl (C=O) groups excluding carboxylic acids is 1. The number of rotatable bonds is 7. The van der Waals surface area contributed by atoms with Crippen LogP contribution in [0.3, 0.4) is 0 Å². The topological polar surface area (TPSA) is 67.8 Å². The number of likely N-dealkylation sites (N-methyl/N-ethyl adjacent to an activating group) is 1. The fourth-order valence-corrected chi connectivity index (χ4v) is 1.17. The highest BCUT2D eigenvalue weighted by Crippen LogP contribution is 1.83. The predicted molar refractivity (Wildman–Crippen MR) is 64.5 cm³/mol. The third-order valence-electron chi connectivity index (χ3n) is 1.94. The maximum absolute atomic E-state index is 11.1. The van der Waals surface area contributed by atoms with Crippen molar-refractivity contribution >= 4 is 6.03 Å². The minimum Gasteiger partial charge on any atom is -0.390 e. The Morgan fingerprint density at radius 1 is 1.25 bits per heavy atom. The molecule has 0 saturated carbocycles. The standard InChI is InChI=1S/C10H24N4O2/c1-13(2)8-9(15)7-11-5-6-12-10(16)14(3)4/h9,11,15H,5-8H2,1-4H3,(H,12,16). The van der Waals surface area contributed by atoms with E-state index in [2.05, 4.69) is 10.6 Å². The molecule has 0 aromatic rings. The molecule has 6 nitrogen and oxygen atoms in total. The summed E-state index contributed by atoms with van der Waals surface area (Å²) in [5, 5.41) is 15.3. The van der Waals surface area contributed by atoms with Crippen LogP contribution in [0.2, 0.25) is 0 Å². The highest BCUT2D eigenvalue weighted by molar-refractivity contribution is 5.73. The summed E-state index contributed by atoms with van der Waals surface area (Å²) in [5.74, 6) is 0. The molecule has 0 radical (unpaired) electrons. The van der Waals surface area contributed by atoms with Crippen LogP contribution >= 0.6 is 0 Å². The minimum atomic E-state index is -0.375. The lowest BCUT2D eigenvalue weighted by Gasteiger charge is -2.17. The SMILES string of the molecule is CN(C)CC(O)CNCCNC(=O)N(C)C. The molecular formula is C10H24N4O2. The molecule has 1 unspecified atom stereocenters. The van der Waals surface area contributed by atoms with Gasteiger partial charge in [-0.15, -0.1) is 0 Å². The molecule has 0 saturated heterocycles. The number of aliphatic hydroxyl groups excluding tert-OH is 1. The van der Waals surface area contributed by atoms with E-state index in [0.29, 0.717) is 26.2 Å². The van der Waals surface area contributed by atoms with Crippen LogP contribution in [0.15, 0.2) is 0 Å². The zero-order valence-electron chi connectivity index (χ0n) is 10.7. The van der Waals surface area contributed by atoms with E-state index in [1.165, 1.54) is 4.90 Å². The van der Waals surface area contributed by atoms with Crippen molar-refractivity contribution in [1.29, 1.82) is 0 Å². The van der Waals surface area contributed by atoms with E-state index in [4.69, 9.17) is 0 Å². The number of nitrogens with zero attached hydrogens (tertiary/aromatic N) is 2. The molecule has 0 aliphatic heterocycles. The molecule has 1 atom stereocenters. The Morgan fingerprint density at radius 3 is 2.38 bits per heavy atom. The lowest BCUT2D eigenvalue weighted by atomic mass is 10.3. The summed E-state index contributed by atoms with van der Waals surface area (Å²) >= 11 is 0. The van der Waals surface area contributed by atoms with E-state index < -0.39 is 0 Å². The smallest absolute Gasteiger partial charge is 0.316 e. The number of aliphatic hydroxyl groups is 1. The van der Waals surface area contributed by atoms with E-state index >= 15 is 0 Å². The Hall–Kier alpha value is -0.850. The average Bonchev–Trinajstić information content (AvgIpc) is 2.15. The van der Waals surface area contributed by atoms with Gasteiger partial charge in [-0.25, -0.2) is 4.79 Å². The van der Waals surface area contributed by atoms with Crippen molar-refractivity contribution in [3.63, 3.8) is 0 Å². The van der Waals surface area contributed by atoms with Gasteiger partial charge in [0.1, 0.15) is 0 Å². The maximum atomic E-state index is 11.1. The van der Waals surface area contributed by atoms with Crippen molar-refractivity contribution in [2.24, 2.45) is 0 Å². The van der Waals surface area contributed by atoms with Crippen LogP contribution < -0.4 is 10.6 Å². The molecule has 0 heterocycles. The van der Waals surface area contributed by atoms with Gasteiger partial charge < -0.3 is 25.5 Å². The van der Waals surface area contributed by atoms with E-state index in [-0.39, 0.29) is 12.1 Å². The van der Waals surface area contributed by atoms with Crippen LogP contribution in [0, 0.1) is 0 Å². The van der Waals surface area contributed by atoms with Gasteiger partial charge in [0.2, 0.25) is 0 Å². The summed E-state index contributed by atoms with van der Waals surface area (Å²) in [5.41, 5.74) is 0. The second-order valence-corrected chi connectivity index (χ2v) is 4.25. The molecule has 0 bridgehead atoms. The van der Waals surface area contributed by atoms with Gasteiger partial charge in [0, 0.05) is 40.3 Å². The first-order valence-electron chi connectivity index (χ1n) is 5.42. The van der Waals surface area contributed by atoms with Gasteiger partial charge in [0.05, 0.1) is 6.10 Å². The normalized spacial score (nSPS) is 12.6. The molecule has 96 valence electrons. The summed E-state index contributed by atoms with van der Waals surface area (Å²) in [4.78, 5) is 14.5. The van der Waals surface area contributed by atoms with Crippen LogP contribution in [-0.2, 0) is 0 Å². The van der Waals surface area contributed by atoms with Crippen molar-refractivity contribution in [3.05, 3.63) is 0 Å². The number of carbonyl (C=O) groups is 1. The van der Waals surface area contributed by atoms with Crippen LogP contribution in [0.5, 0.6) is 0 Å². The Bertz CT molecular complexity index is 197. The molecule has 16 heavy (non-hydrogen) atoms. The van der Waals surface area contributed by atoms with E-state index in [0.717, 1.165) is 0 Å². The molecule has 2 amide bonds. The quantitative estimate of drug-likeness (QED) is 0.481. The molecule has 6 heteroatoms. The van der Waals surface area contributed by atoms with Gasteiger partial charge in [0.15, 0.2) is 0 Å². The zero-order valence-corrected chi connectivity index (χ0v) is 10.7. The largest absolute Gasteiger partial charge is 0.390 e. The average molecular weight is 232 g/mol. The van der Waals surface area contributed by atoms with Gasteiger partial charge in [0.25, 0.3) is 0 Å². The molecule has 0 aliphatic rings. The summed E-state index contributed by atoms with van der Waals surface area (Å²) in [7, 11) is 7.23. The molecule has 0 fully saturated rings. The Labute approximate surface area is 97.6 Å². The van der Waals surface area contributed by atoms with E-state index in [9.17, 15) is 9.90 Å². The molecule has 0 aromatic carbocycles. The highest BCUT2D eigenvalue weighted by atomic mass is 16.3. The molecule has 3 N–H and O–H groups in total.